The van der Waals surface area contributed by atoms with Crippen LogP contribution >= 0.6 is 11.6 Å². The van der Waals surface area contributed by atoms with Gasteiger partial charge in [-0.1, -0.05) is 18.5 Å². The first-order valence-corrected chi connectivity index (χ1v) is 6.88. The molecule has 0 spiro atoms. The number of nitrogens with one attached hydrogen (secondary N) is 1. The van der Waals surface area contributed by atoms with E-state index < -0.39 is 0 Å². The molecule has 0 aliphatic rings. The summed E-state index contributed by atoms with van der Waals surface area (Å²) in [5.74, 6) is 0. The van der Waals surface area contributed by atoms with E-state index in [0.29, 0.717) is 0 Å². The van der Waals surface area contributed by atoms with Gasteiger partial charge in [0.15, 0.2) is 0 Å². The molecule has 0 atom stereocenters. The van der Waals surface area contributed by atoms with Crippen molar-refractivity contribution in [2.75, 3.05) is 6.54 Å². The molecule has 4 nitrogen and oxygen atoms in total. The first kappa shape index (κ1) is 14.0. The summed E-state index contributed by atoms with van der Waals surface area (Å²) >= 11 is 6.21. The van der Waals surface area contributed by atoms with E-state index in [0.717, 1.165) is 47.2 Å². The molecule has 102 valence electrons. The van der Waals surface area contributed by atoms with Gasteiger partial charge in [-0.05, 0) is 32.9 Å². The standard InChI is InChI=1S/C14H19ClN4/c1-4-6-16-8-12-9-17-7-5-13(12)19-11(3)14(15)10(2)18-19/h5,7,9,16H,4,6,8H2,1-3H3. The molecule has 19 heavy (non-hydrogen) atoms. The number of aromatic nitrogens is 3. The molecule has 2 aromatic heterocycles. The third-order valence-corrected chi connectivity index (χ3v) is 3.60. The van der Waals surface area contributed by atoms with Crippen LogP contribution in [0.1, 0.15) is 30.3 Å². The maximum atomic E-state index is 6.21. The van der Waals surface area contributed by atoms with Crippen LogP contribution in [0.2, 0.25) is 5.02 Å². The SMILES string of the molecule is CCCNCc1cnccc1-n1nc(C)c(Cl)c1C. The average Bonchev–Trinajstić information content (AvgIpc) is 2.67. The zero-order valence-electron chi connectivity index (χ0n) is 11.6. The van der Waals surface area contributed by atoms with Crippen molar-refractivity contribution in [1.29, 1.82) is 0 Å². The minimum atomic E-state index is 0.726. The molecule has 0 unspecified atom stereocenters. The van der Waals surface area contributed by atoms with Gasteiger partial charge >= 0.3 is 0 Å². The van der Waals surface area contributed by atoms with Crippen LogP contribution in [-0.4, -0.2) is 21.3 Å². The summed E-state index contributed by atoms with van der Waals surface area (Å²) in [6.45, 7) is 7.82. The zero-order chi connectivity index (χ0) is 13.8. The summed E-state index contributed by atoms with van der Waals surface area (Å²) in [5, 5.41) is 8.61. The summed E-state index contributed by atoms with van der Waals surface area (Å²) in [6, 6.07) is 1.97. The van der Waals surface area contributed by atoms with Crippen LogP contribution in [0.25, 0.3) is 5.69 Å². The average molecular weight is 279 g/mol. The Morgan fingerprint density at radius 2 is 2.16 bits per heavy atom. The lowest BCUT2D eigenvalue weighted by Gasteiger charge is -2.11. The highest BCUT2D eigenvalue weighted by molar-refractivity contribution is 6.31. The molecule has 0 bridgehead atoms. The molecule has 2 aromatic rings. The second-order valence-electron chi connectivity index (χ2n) is 4.58. The number of pyridine rings is 1. The molecule has 0 amide bonds. The van der Waals surface area contributed by atoms with E-state index >= 15 is 0 Å². The number of rotatable bonds is 5. The van der Waals surface area contributed by atoms with Crippen LogP contribution in [0.15, 0.2) is 18.5 Å². The van der Waals surface area contributed by atoms with Gasteiger partial charge in [0, 0.05) is 24.5 Å². The Morgan fingerprint density at radius 3 is 2.79 bits per heavy atom. The smallest absolute Gasteiger partial charge is 0.0848 e. The molecule has 0 aliphatic carbocycles. The lowest BCUT2D eigenvalue weighted by atomic mass is 10.2. The van der Waals surface area contributed by atoms with Gasteiger partial charge in [0.1, 0.15) is 0 Å². The predicted octanol–water partition coefficient (Wildman–Crippen LogP) is 3.04. The van der Waals surface area contributed by atoms with Crippen molar-refractivity contribution in [1.82, 2.24) is 20.1 Å². The Morgan fingerprint density at radius 1 is 1.37 bits per heavy atom. The maximum Gasteiger partial charge on any atom is 0.0848 e. The van der Waals surface area contributed by atoms with E-state index in [1.807, 2.05) is 30.8 Å². The van der Waals surface area contributed by atoms with E-state index in [2.05, 4.69) is 22.3 Å². The zero-order valence-corrected chi connectivity index (χ0v) is 12.3. The van der Waals surface area contributed by atoms with Crippen molar-refractivity contribution in [2.24, 2.45) is 0 Å². The van der Waals surface area contributed by atoms with E-state index in [1.54, 1.807) is 6.20 Å². The normalized spacial score (nSPS) is 10.9. The molecule has 0 aliphatic heterocycles. The van der Waals surface area contributed by atoms with Gasteiger partial charge in [-0.15, -0.1) is 0 Å². The van der Waals surface area contributed by atoms with Crippen LogP contribution in [0.4, 0.5) is 0 Å². The Kier molecular flexibility index (Phi) is 4.56. The van der Waals surface area contributed by atoms with Gasteiger partial charge in [0.05, 0.1) is 22.1 Å². The Balaban J connectivity index is 2.36. The predicted molar refractivity (Wildman–Crippen MR) is 77.8 cm³/mol. The molecule has 5 heteroatoms. The highest BCUT2D eigenvalue weighted by atomic mass is 35.5. The van der Waals surface area contributed by atoms with Crippen LogP contribution < -0.4 is 5.32 Å². The minimum Gasteiger partial charge on any atom is -0.313 e. The second kappa shape index (κ2) is 6.17. The summed E-state index contributed by atoms with van der Waals surface area (Å²) in [4.78, 5) is 4.19. The second-order valence-corrected chi connectivity index (χ2v) is 4.96. The molecule has 0 saturated heterocycles. The first-order chi connectivity index (χ1) is 9.15. The molecular formula is C14H19ClN4. The minimum absolute atomic E-state index is 0.726. The largest absolute Gasteiger partial charge is 0.313 e. The van der Waals surface area contributed by atoms with Crippen molar-refractivity contribution < 1.29 is 0 Å². The lowest BCUT2D eigenvalue weighted by molar-refractivity contribution is 0.667. The number of aryl methyl sites for hydroxylation is 1. The van der Waals surface area contributed by atoms with Crippen molar-refractivity contribution in [2.45, 2.75) is 33.7 Å². The van der Waals surface area contributed by atoms with Gasteiger partial charge < -0.3 is 5.32 Å². The summed E-state index contributed by atoms with van der Waals surface area (Å²) in [7, 11) is 0. The number of hydrogen-bond acceptors (Lipinski definition) is 3. The topological polar surface area (TPSA) is 42.7 Å². The number of halogens is 1. The third-order valence-electron chi connectivity index (χ3n) is 3.05. The Bertz CT molecular complexity index is 563. The summed E-state index contributed by atoms with van der Waals surface area (Å²) in [5.41, 5.74) is 3.97. The molecule has 0 aromatic carbocycles. The van der Waals surface area contributed by atoms with Crippen LogP contribution in [0, 0.1) is 13.8 Å². The fourth-order valence-electron chi connectivity index (χ4n) is 2.02. The first-order valence-electron chi connectivity index (χ1n) is 6.50. The third kappa shape index (κ3) is 2.96. The van der Waals surface area contributed by atoms with E-state index in [1.165, 1.54) is 0 Å². The van der Waals surface area contributed by atoms with Crippen molar-refractivity contribution in [3.8, 4) is 5.69 Å². The van der Waals surface area contributed by atoms with Crippen LogP contribution in [0.5, 0.6) is 0 Å². The van der Waals surface area contributed by atoms with Gasteiger partial charge in [-0.25, -0.2) is 4.68 Å². The molecule has 2 rings (SSSR count). The monoisotopic (exact) mass is 278 g/mol. The highest BCUT2D eigenvalue weighted by Crippen LogP contribution is 2.23. The van der Waals surface area contributed by atoms with Gasteiger partial charge in [0.25, 0.3) is 0 Å². The quantitative estimate of drug-likeness (QED) is 0.855. The Hall–Kier alpha value is -1.39. The molecular weight excluding hydrogens is 260 g/mol. The molecule has 1 N–H and O–H groups in total. The van der Waals surface area contributed by atoms with Crippen LogP contribution in [-0.2, 0) is 6.54 Å². The fourth-order valence-corrected chi connectivity index (χ4v) is 2.14. The number of nitrogens with zero attached hydrogens (tertiary/aromatic N) is 3. The molecule has 0 fully saturated rings. The fraction of sp³-hybridized carbons (Fsp3) is 0.429. The summed E-state index contributed by atoms with van der Waals surface area (Å²) in [6.07, 6.45) is 4.77. The lowest BCUT2D eigenvalue weighted by Crippen LogP contribution is -2.16. The summed E-state index contributed by atoms with van der Waals surface area (Å²) < 4.78 is 1.89. The van der Waals surface area contributed by atoms with Crippen LogP contribution in [0.3, 0.4) is 0 Å². The molecule has 2 heterocycles. The van der Waals surface area contributed by atoms with Gasteiger partial charge in [-0.3, -0.25) is 4.98 Å². The molecule has 0 saturated carbocycles. The van der Waals surface area contributed by atoms with Gasteiger partial charge in [0.2, 0.25) is 0 Å². The van der Waals surface area contributed by atoms with E-state index in [4.69, 9.17) is 11.6 Å². The Labute approximate surface area is 118 Å². The van der Waals surface area contributed by atoms with Crippen molar-refractivity contribution in [3.05, 3.63) is 40.4 Å². The van der Waals surface area contributed by atoms with E-state index in [-0.39, 0.29) is 0 Å². The maximum absolute atomic E-state index is 6.21. The highest BCUT2D eigenvalue weighted by Gasteiger charge is 2.13. The van der Waals surface area contributed by atoms with Crippen molar-refractivity contribution >= 4 is 11.6 Å². The molecule has 0 radical (unpaired) electrons. The van der Waals surface area contributed by atoms with E-state index in [9.17, 15) is 0 Å². The van der Waals surface area contributed by atoms with Crippen molar-refractivity contribution in [3.63, 3.8) is 0 Å². The number of hydrogen-bond donors (Lipinski definition) is 1. The van der Waals surface area contributed by atoms with Gasteiger partial charge in [-0.2, -0.15) is 5.10 Å².